The highest BCUT2D eigenvalue weighted by Crippen LogP contribution is 2.33. The molecule has 27 heavy (non-hydrogen) atoms. The molecule has 0 aliphatic rings. The van der Waals surface area contributed by atoms with Gasteiger partial charge in [-0.2, -0.15) is 10.5 Å². The van der Waals surface area contributed by atoms with Crippen LogP contribution in [0.3, 0.4) is 0 Å². The SMILES string of the molecule is C=C(C(=O)O)/C(=C\NN)Cn1c(C)c(C#N)c(-c2ccc(C#N)cc2)c1C. The molecule has 0 atom stereocenters. The second-order valence-electron chi connectivity index (χ2n) is 5.93. The molecule has 0 saturated heterocycles. The molecule has 0 amide bonds. The summed E-state index contributed by atoms with van der Waals surface area (Å²) < 4.78 is 1.85. The monoisotopic (exact) mass is 361 g/mol. The van der Waals surface area contributed by atoms with Crippen molar-refractivity contribution in [1.82, 2.24) is 9.99 Å². The van der Waals surface area contributed by atoms with Crippen molar-refractivity contribution in [2.45, 2.75) is 20.4 Å². The number of aliphatic carboxylic acids is 1. The molecular formula is C20H19N5O2. The van der Waals surface area contributed by atoms with Crippen molar-refractivity contribution in [3.63, 3.8) is 0 Å². The summed E-state index contributed by atoms with van der Waals surface area (Å²) in [7, 11) is 0. The van der Waals surface area contributed by atoms with Gasteiger partial charge in [0.2, 0.25) is 0 Å². The molecule has 0 bridgehead atoms. The number of carboxylic acid groups (broad SMARTS) is 1. The zero-order chi connectivity index (χ0) is 20.1. The average molecular weight is 361 g/mol. The summed E-state index contributed by atoms with van der Waals surface area (Å²) in [6, 6.07) is 11.3. The first kappa shape index (κ1) is 19.5. The van der Waals surface area contributed by atoms with Gasteiger partial charge in [0.25, 0.3) is 0 Å². The van der Waals surface area contributed by atoms with Crippen LogP contribution >= 0.6 is 0 Å². The minimum Gasteiger partial charge on any atom is -0.478 e. The molecule has 1 aromatic heterocycles. The Hall–Kier alpha value is -3.81. The lowest BCUT2D eigenvalue weighted by Gasteiger charge is -2.13. The van der Waals surface area contributed by atoms with Gasteiger partial charge in [-0.1, -0.05) is 18.7 Å². The number of rotatable bonds is 6. The van der Waals surface area contributed by atoms with Crippen molar-refractivity contribution in [2.24, 2.45) is 5.84 Å². The van der Waals surface area contributed by atoms with Crippen LogP contribution in [0.25, 0.3) is 11.1 Å². The Labute approximate surface area is 157 Å². The van der Waals surface area contributed by atoms with Gasteiger partial charge in [-0.15, -0.1) is 0 Å². The van der Waals surface area contributed by atoms with Crippen molar-refractivity contribution >= 4 is 5.97 Å². The van der Waals surface area contributed by atoms with Crippen LogP contribution in [0.4, 0.5) is 0 Å². The molecule has 2 rings (SSSR count). The third kappa shape index (κ3) is 3.74. The predicted molar refractivity (Wildman–Crippen MR) is 101 cm³/mol. The second kappa shape index (κ2) is 8.05. The molecule has 4 N–H and O–H groups in total. The summed E-state index contributed by atoms with van der Waals surface area (Å²) in [5, 5.41) is 27.9. The van der Waals surface area contributed by atoms with Crippen LogP contribution in [0.15, 0.2) is 48.2 Å². The molecule has 2 aromatic rings. The lowest BCUT2D eigenvalue weighted by Crippen LogP contribution is -2.18. The Morgan fingerprint density at radius 1 is 1.26 bits per heavy atom. The maximum Gasteiger partial charge on any atom is 0.335 e. The number of aromatic nitrogens is 1. The van der Waals surface area contributed by atoms with E-state index in [0.29, 0.717) is 22.4 Å². The van der Waals surface area contributed by atoms with Gasteiger partial charge >= 0.3 is 5.97 Å². The van der Waals surface area contributed by atoms with E-state index in [2.05, 4.69) is 24.1 Å². The maximum absolute atomic E-state index is 11.3. The number of carboxylic acids is 1. The van der Waals surface area contributed by atoms with Gasteiger partial charge in [0.05, 0.1) is 22.8 Å². The standard InChI is InChI=1S/C20H19N5O2/c1-12(20(26)27)17(10-24-23)11-25-13(2)18(9-22)19(14(25)3)16-6-4-15(8-21)5-7-16/h4-7,10,24H,1,11,23H2,2-3H3,(H,26,27)/b17-10-. The fraction of sp³-hybridized carbons (Fsp3) is 0.150. The Balaban J connectivity index is 2.60. The highest BCUT2D eigenvalue weighted by Gasteiger charge is 2.21. The van der Waals surface area contributed by atoms with Gasteiger partial charge in [0.1, 0.15) is 6.07 Å². The van der Waals surface area contributed by atoms with E-state index in [0.717, 1.165) is 16.8 Å². The normalized spacial score (nSPS) is 10.8. The zero-order valence-corrected chi connectivity index (χ0v) is 15.1. The van der Waals surface area contributed by atoms with Crippen molar-refractivity contribution < 1.29 is 9.90 Å². The topological polar surface area (TPSA) is 128 Å². The third-order valence-corrected chi connectivity index (χ3v) is 4.43. The van der Waals surface area contributed by atoms with Crippen LogP contribution in [-0.2, 0) is 11.3 Å². The van der Waals surface area contributed by atoms with Crippen molar-refractivity contribution in [3.8, 4) is 23.3 Å². The maximum atomic E-state index is 11.3. The number of nitrogens with one attached hydrogen (secondary N) is 1. The van der Waals surface area contributed by atoms with Crippen LogP contribution in [0.2, 0.25) is 0 Å². The Bertz CT molecular complexity index is 1010. The van der Waals surface area contributed by atoms with Gasteiger partial charge in [-0.25, -0.2) is 4.79 Å². The molecule has 1 heterocycles. The molecule has 0 unspecified atom stereocenters. The number of benzene rings is 1. The molecule has 0 spiro atoms. The van der Waals surface area contributed by atoms with Crippen LogP contribution in [-0.4, -0.2) is 15.6 Å². The highest BCUT2D eigenvalue weighted by molar-refractivity contribution is 5.91. The zero-order valence-electron chi connectivity index (χ0n) is 15.1. The molecule has 136 valence electrons. The van der Waals surface area contributed by atoms with E-state index in [1.165, 1.54) is 6.20 Å². The molecule has 7 nitrogen and oxygen atoms in total. The van der Waals surface area contributed by atoms with Crippen LogP contribution in [0.5, 0.6) is 0 Å². The van der Waals surface area contributed by atoms with E-state index >= 15 is 0 Å². The van der Waals surface area contributed by atoms with Gasteiger partial charge < -0.3 is 15.1 Å². The van der Waals surface area contributed by atoms with Crippen molar-refractivity contribution in [2.75, 3.05) is 0 Å². The van der Waals surface area contributed by atoms with Gasteiger partial charge in [0, 0.05) is 35.3 Å². The second-order valence-corrected chi connectivity index (χ2v) is 5.93. The first-order chi connectivity index (χ1) is 12.8. The average Bonchev–Trinajstić information content (AvgIpc) is 2.90. The first-order valence-electron chi connectivity index (χ1n) is 8.03. The molecule has 1 aromatic carbocycles. The Morgan fingerprint density at radius 2 is 1.89 bits per heavy atom. The molecule has 0 radical (unpaired) electrons. The largest absolute Gasteiger partial charge is 0.478 e. The summed E-state index contributed by atoms with van der Waals surface area (Å²) in [6.45, 7) is 7.44. The van der Waals surface area contributed by atoms with E-state index in [4.69, 9.17) is 11.1 Å². The number of nitrogens with zero attached hydrogens (tertiary/aromatic N) is 3. The molecule has 0 aliphatic heterocycles. The summed E-state index contributed by atoms with van der Waals surface area (Å²) in [5.41, 5.74) is 6.75. The summed E-state index contributed by atoms with van der Waals surface area (Å²) >= 11 is 0. The van der Waals surface area contributed by atoms with E-state index in [-0.39, 0.29) is 12.1 Å². The van der Waals surface area contributed by atoms with E-state index in [9.17, 15) is 15.2 Å². The van der Waals surface area contributed by atoms with E-state index < -0.39 is 5.97 Å². The van der Waals surface area contributed by atoms with E-state index in [1.54, 1.807) is 31.2 Å². The number of nitrogens with two attached hydrogens (primary N) is 1. The fourth-order valence-electron chi connectivity index (χ4n) is 2.96. The number of hydrazine groups is 1. The Morgan fingerprint density at radius 3 is 2.37 bits per heavy atom. The van der Waals surface area contributed by atoms with Gasteiger partial charge in [0.15, 0.2) is 0 Å². The highest BCUT2D eigenvalue weighted by atomic mass is 16.4. The van der Waals surface area contributed by atoms with Crippen molar-refractivity contribution in [1.29, 1.82) is 10.5 Å². The molecule has 0 fully saturated rings. The summed E-state index contributed by atoms with van der Waals surface area (Å²) in [4.78, 5) is 11.3. The number of carbonyl (C=O) groups is 1. The Kier molecular flexibility index (Phi) is 5.82. The van der Waals surface area contributed by atoms with Crippen LogP contribution < -0.4 is 11.3 Å². The van der Waals surface area contributed by atoms with Crippen LogP contribution in [0, 0.1) is 36.5 Å². The molecule has 0 aliphatic carbocycles. The predicted octanol–water partition coefficient (Wildman–Crippen LogP) is 2.50. The molecular weight excluding hydrogens is 342 g/mol. The van der Waals surface area contributed by atoms with Crippen LogP contribution in [0.1, 0.15) is 22.5 Å². The number of hydrogen-bond donors (Lipinski definition) is 3. The van der Waals surface area contributed by atoms with Gasteiger partial charge in [-0.3, -0.25) is 5.84 Å². The first-order valence-corrected chi connectivity index (χ1v) is 8.03. The number of nitriles is 2. The van der Waals surface area contributed by atoms with E-state index in [1.807, 2.05) is 11.5 Å². The quantitative estimate of drug-likeness (QED) is 0.314. The minimum absolute atomic E-state index is 0.0844. The minimum atomic E-state index is -1.15. The number of hydrogen-bond acceptors (Lipinski definition) is 5. The summed E-state index contributed by atoms with van der Waals surface area (Å²) in [6.07, 6.45) is 1.38. The summed E-state index contributed by atoms with van der Waals surface area (Å²) in [5.74, 6) is 4.18. The van der Waals surface area contributed by atoms with Crippen molar-refractivity contribution in [3.05, 3.63) is 70.7 Å². The lowest BCUT2D eigenvalue weighted by atomic mass is 10.0. The fourth-order valence-corrected chi connectivity index (χ4v) is 2.96. The molecule has 7 heteroatoms. The third-order valence-electron chi connectivity index (χ3n) is 4.43. The van der Waals surface area contributed by atoms with Gasteiger partial charge in [-0.05, 0) is 31.5 Å². The lowest BCUT2D eigenvalue weighted by molar-refractivity contribution is -0.132. The molecule has 0 saturated carbocycles. The smallest absolute Gasteiger partial charge is 0.335 e.